The molecule has 0 aliphatic heterocycles. The number of hydrogen-bond acceptors (Lipinski definition) is 5. The van der Waals surface area contributed by atoms with Gasteiger partial charge in [-0.15, -0.1) is 0 Å². The third kappa shape index (κ3) is 3.75. The molecule has 19 heavy (non-hydrogen) atoms. The van der Waals surface area contributed by atoms with Gasteiger partial charge in [0.15, 0.2) is 5.16 Å². The molecule has 0 fully saturated rings. The fourth-order valence-corrected chi connectivity index (χ4v) is 2.19. The summed E-state index contributed by atoms with van der Waals surface area (Å²) in [4.78, 5) is 8.47. The minimum absolute atomic E-state index is 0.606. The van der Waals surface area contributed by atoms with Crippen molar-refractivity contribution in [3.8, 4) is 5.75 Å². The first kappa shape index (κ1) is 14.0. The van der Waals surface area contributed by atoms with E-state index in [1.54, 1.807) is 13.3 Å². The van der Waals surface area contributed by atoms with E-state index in [9.17, 15) is 0 Å². The molecule has 1 N–H and O–H groups in total. The van der Waals surface area contributed by atoms with Crippen molar-refractivity contribution in [1.82, 2.24) is 9.97 Å². The van der Waals surface area contributed by atoms with Crippen molar-refractivity contribution in [3.63, 3.8) is 0 Å². The van der Waals surface area contributed by atoms with Crippen LogP contribution in [0.1, 0.15) is 5.56 Å². The van der Waals surface area contributed by atoms with E-state index >= 15 is 0 Å². The van der Waals surface area contributed by atoms with Gasteiger partial charge in [0.2, 0.25) is 0 Å². The van der Waals surface area contributed by atoms with Gasteiger partial charge in [-0.1, -0.05) is 29.4 Å². The van der Waals surface area contributed by atoms with Crippen LogP contribution >= 0.6 is 23.4 Å². The summed E-state index contributed by atoms with van der Waals surface area (Å²) in [5.41, 5.74) is 1.06. The standard InChI is InChI=1S/C13H14ClN3OS/c1-18-11-4-3-9(7-10(11)14)8-16-12-5-6-15-13(17-12)19-2/h3-7H,8H2,1-2H3,(H,15,16,17). The van der Waals surface area contributed by atoms with Crippen molar-refractivity contribution in [3.05, 3.63) is 41.0 Å². The summed E-state index contributed by atoms with van der Waals surface area (Å²) in [5, 5.41) is 4.59. The molecule has 100 valence electrons. The van der Waals surface area contributed by atoms with Gasteiger partial charge in [-0.05, 0) is 30.0 Å². The van der Waals surface area contributed by atoms with E-state index in [1.165, 1.54) is 11.8 Å². The second kappa shape index (κ2) is 6.63. The predicted octanol–water partition coefficient (Wildman–Crippen LogP) is 3.47. The highest BCUT2D eigenvalue weighted by Gasteiger charge is 2.02. The first-order chi connectivity index (χ1) is 9.22. The molecule has 0 bridgehead atoms. The topological polar surface area (TPSA) is 47.0 Å². The van der Waals surface area contributed by atoms with Crippen LogP contribution in [0.3, 0.4) is 0 Å². The number of methoxy groups -OCH3 is 1. The lowest BCUT2D eigenvalue weighted by atomic mass is 10.2. The SMILES string of the molecule is COc1ccc(CNc2ccnc(SC)n2)cc1Cl. The molecule has 0 amide bonds. The molecule has 0 radical (unpaired) electrons. The second-order valence-corrected chi connectivity index (χ2v) is 4.93. The van der Waals surface area contributed by atoms with Crippen LogP contribution < -0.4 is 10.1 Å². The van der Waals surface area contributed by atoms with Gasteiger partial charge >= 0.3 is 0 Å². The normalized spacial score (nSPS) is 10.3. The average Bonchev–Trinajstić information content (AvgIpc) is 2.45. The molecule has 2 aromatic rings. The van der Waals surface area contributed by atoms with E-state index in [4.69, 9.17) is 16.3 Å². The van der Waals surface area contributed by atoms with Crippen LogP contribution in [-0.2, 0) is 6.54 Å². The minimum atomic E-state index is 0.606. The Morgan fingerprint density at radius 1 is 1.37 bits per heavy atom. The summed E-state index contributed by atoms with van der Waals surface area (Å²) < 4.78 is 5.12. The fourth-order valence-electron chi connectivity index (χ4n) is 1.55. The van der Waals surface area contributed by atoms with Crippen molar-refractivity contribution in [1.29, 1.82) is 0 Å². The van der Waals surface area contributed by atoms with Gasteiger partial charge in [0.05, 0.1) is 12.1 Å². The summed E-state index contributed by atoms with van der Waals surface area (Å²) >= 11 is 7.59. The van der Waals surface area contributed by atoms with Gasteiger partial charge < -0.3 is 10.1 Å². The van der Waals surface area contributed by atoms with Gasteiger partial charge in [-0.3, -0.25) is 0 Å². The number of rotatable bonds is 5. The Labute approximate surface area is 121 Å². The lowest BCUT2D eigenvalue weighted by Crippen LogP contribution is -2.02. The van der Waals surface area contributed by atoms with Crippen molar-refractivity contribution in [2.75, 3.05) is 18.7 Å². The Morgan fingerprint density at radius 2 is 2.21 bits per heavy atom. The molecule has 0 aliphatic carbocycles. The molecule has 1 aromatic heterocycles. The Kier molecular flexibility index (Phi) is 4.87. The number of nitrogens with zero attached hydrogens (tertiary/aromatic N) is 2. The number of hydrogen-bond donors (Lipinski definition) is 1. The van der Waals surface area contributed by atoms with E-state index < -0.39 is 0 Å². The largest absolute Gasteiger partial charge is 0.495 e. The summed E-state index contributed by atoms with van der Waals surface area (Å²) in [6.07, 6.45) is 3.69. The third-order valence-electron chi connectivity index (χ3n) is 2.51. The number of nitrogens with one attached hydrogen (secondary N) is 1. The Balaban J connectivity index is 2.03. The molecular weight excluding hydrogens is 282 g/mol. The maximum atomic E-state index is 6.08. The highest BCUT2D eigenvalue weighted by molar-refractivity contribution is 7.98. The fraction of sp³-hybridized carbons (Fsp3) is 0.231. The van der Waals surface area contributed by atoms with E-state index in [0.29, 0.717) is 17.3 Å². The van der Waals surface area contributed by atoms with Crippen molar-refractivity contribution in [2.24, 2.45) is 0 Å². The minimum Gasteiger partial charge on any atom is -0.495 e. The predicted molar refractivity (Wildman–Crippen MR) is 79.1 cm³/mol. The summed E-state index contributed by atoms with van der Waals surface area (Å²) in [7, 11) is 1.60. The Bertz CT molecular complexity index is 565. The average molecular weight is 296 g/mol. The van der Waals surface area contributed by atoms with Gasteiger partial charge in [0.25, 0.3) is 0 Å². The number of anilines is 1. The zero-order chi connectivity index (χ0) is 13.7. The second-order valence-electron chi connectivity index (χ2n) is 3.75. The van der Waals surface area contributed by atoms with Gasteiger partial charge in [0, 0.05) is 12.7 Å². The number of aromatic nitrogens is 2. The quantitative estimate of drug-likeness (QED) is 0.676. The lowest BCUT2D eigenvalue weighted by Gasteiger charge is -2.08. The molecule has 6 heteroatoms. The molecule has 2 rings (SSSR count). The summed E-state index contributed by atoms with van der Waals surface area (Å²) in [5.74, 6) is 1.48. The number of benzene rings is 1. The zero-order valence-electron chi connectivity index (χ0n) is 10.7. The first-order valence-electron chi connectivity index (χ1n) is 5.66. The van der Waals surface area contributed by atoms with Gasteiger partial charge in [0.1, 0.15) is 11.6 Å². The van der Waals surface area contributed by atoms with Crippen LogP contribution in [0.2, 0.25) is 5.02 Å². The van der Waals surface area contributed by atoms with Crippen LogP contribution in [-0.4, -0.2) is 23.3 Å². The first-order valence-corrected chi connectivity index (χ1v) is 7.26. The van der Waals surface area contributed by atoms with Crippen LogP contribution in [0.25, 0.3) is 0 Å². The monoisotopic (exact) mass is 295 g/mol. The highest BCUT2D eigenvalue weighted by Crippen LogP contribution is 2.25. The molecule has 1 aromatic carbocycles. The van der Waals surface area contributed by atoms with E-state index in [2.05, 4.69) is 15.3 Å². The van der Waals surface area contributed by atoms with Crippen molar-refractivity contribution >= 4 is 29.2 Å². The Hall–Kier alpha value is -1.46. The van der Waals surface area contributed by atoms with Crippen molar-refractivity contribution < 1.29 is 4.74 Å². The molecule has 0 atom stereocenters. The van der Waals surface area contributed by atoms with Crippen LogP contribution in [0, 0.1) is 0 Å². The van der Waals surface area contributed by atoms with E-state index in [1.807, 2.05) is 30.5 Å². The number of ether oxygens (including phenoxy) is 1. The maximum absolute atomic E-state index is 6.08. The highest BCUT2D eigenvalue weighted by atomic mass is 35.5. The third-order valence-corrected chi connectivity index (χ3v) is 3.36. The number of halogens is 1. The van der Waals surface area contributed by atoms with E-state index in [0.717, 1.165) is 16.5 Å². The molecular formula is C13H14ClN3OS. The van der Waals surface area contributed by atoms with Crippen LogP contribution in [0.4, 0.5) is 5.82 Å². The summed E-state index contributed by atoms with van der Waals surface area (Å²) in [6, 6.07) is 7.54. The van der Waals surface area contributed by atoms with Gasteiger partial charge in [-0.2, -0.15) is 0 Å². The molecule has 0 unspecified atom stereocenters. The smallest absolute Gasteiger partial charge is 0.189 e. The molecule has 0 saturated carbocycles. The number of thioether (sulfide) groups is 1. The molecule has 0 aliphatic rings. The molecule has 4 nitrogen and oxygen atoms in total. The Morgan fingerprint density at radius 3 is 2.89 bits per heavy atom. The molecule has 1 heterocycles. The van der Waals surface area contributed by atoms with Gasteiger partial charge in [-0.25, -0.2) is 9.97 Å². The molecule has 0 spiro atoms. The maximum Gasteiger partial charge on any atom is 0.189 e. The summed E-state index contributed by atoms with van der Waals surface area (Å²) in [6.45, 7) is 0.647. The zero-order valence-corrected chi connectivity index (χ0v) is 12.3. The van der Waals surface area contributed by atoms with Crippen LogP contribution in [0.5, 0.6) is 5.75 Å². The lowest BCUT2D eigenvalue weighted by molar-refractivity contribution is 0.415. The van der Waals surface area contributed by atoms with Crippen molar-refractivity contribution in [2.45, 2.75) is 11.7 Å². The van der Waals surface area contributed by atoms with E-state index in [-0.39, 0.29) is 0 Å². The van der Waals surface area contributed by atoms with Crippen LogP contribution in [0.15, 0.2) is 35.6 Å². The molecule has 0 saturated heterocycles.